The lowest BCUT2D eigenvalue weighted by Crippen LogP contribution is -2.25. The normalized spacial score (nSPS) is 11.7. The molecule has 0 aliphatic carbocycles. The molecule has 5 nitrogen and oxygen atoms in total. The number of benzene rings is 1. The van der Waals surface area contributed by atoms with Crippen LogP contribution in [0.5, 0.6) is 0 Å². The summed E-state index contributed by atoms with van der Waals surface area (Å²) in [6, 6.07) is 4.84. The summed E-state index contributed by atoms with van der Waals surface area (Å²) in [5.74, 6) is 0. The van der Waals surface area contributed by atoms with Gasteiger partial charge in [-0.3, -0.25) is 0 Å². The summed E-state index contributed by atoms with van der Waals surface area (Å²) < 4.78 is 31.4. The third kappa shape index (κ3) is 4.58. The largest absolute Gasteiger partial charge is 0.392 e. The van der Waals surface area contributed by atoms with Crippen molar-refractivity contribution >= 4 is 10.0 Å². The summed E-state index contributed by atoms with van der Waals surface area (Å²) in [4.78, 5) is 0.186. The quantitative estimate of drug-likeness (QED) is 0.701. The van der Waals surface area contributed by atoms with Crippen LogP contribution < -0.4 is 4.72 Å². The topological polar surface area (TPSA) is 75.6 Å². The zero-order valence-corrected chi connectivity index (χ0v) is 12.2. The Bertz CT molecular complexity index is 499. The van der Waals surface area contributed by atoms with E-state index in [2.05, 4.69) is 4.72 Å². The molecule has 108 valence electrons. The van der Waals surface area contributed by atoms with Gasteiger partial charge in [-0.05, 0) is 36.1 Å². The second kappa shape index (κ2) is 7.59. The molecular weight excluding hydrogens is 266 g/mol. The number of nitrogens with one attached hydrogen (secondary N) is 1. The van der Waals surface area contributed by atoms with Gasteiger partial charge in [0.2, 0.25) is 10.0 Å². The van der Waals surface area contributed by atoms with Crippen LogP contribution in [-0.2, 0) is 27.8 Å². The van der Waals surface area contributed by atoms with E-state index in [0.29, 0.717) is 25.1 Å². The maximum atomic E-state index is 12.0. The summed E-state index contributed by atoms with van der Waals surface area (Å²) in [5, 5.41) is 9.25. The summed E-state index contributed by atoms with van der Waals surface area (Å²) in [6.07, 6.45) is 1.38. The molecule has 19 heavy (non-hydrogen) atoms. The molecule has 0 aromatic heterocycles. The number of aliphatic hydroxyl groups excluding tert-OH is 1. The number of rotatable bonds is 8. The Morgan fingerprint density at radius 3 is 2.63 bits per heavy atom. The van der Waals surface area contributed by atoms with E-state index in [-0.39, 0.29) is 11.5 Å². The highest BCUT2D eigenvalue weighted by Gasteiger charge is 2.14. The van der Waals surface area contributed by atoms with E-state index < -0.39 is 10.0 Å². The average Bonchev–Trinajstić information content (AvgIpc) is 2.42. The number of hydrogen-bond acceptors (Lipinski definition) is 4. The van der Waals surface area contributed by atoms with Crippen LogP contribution in [0.2, 0.25) is 0 Å². The Kier molecular flexibility index (Phi) is 6.44. The second-order valence-corrected chi connectivity index (χ2v) is 5.95. The molecule has 0 amide bonds. The monoisotopic (exact) mass is 287 g/mol. The van der Waals surface area contributed by atoms with E-state index >= 15 is 0 Å². The van der Waals surface area contributed by atoms with Gasteiger partial charge in [-0.15, -0.1) is 0 Å². The van der Waals surface area contributed by atoms with Crippen molar-refractivity contribution in [3.63, 3.8) is 0 Å². The van der Waals surface area contributed by atoms with Gasteiger partial charge in [0.1, 0.15) is 0 Å². The molecule has 0 saturated carbocycles. The highest BCUT2D eigenvalue weighted by Crippen LogP contribution is 2.16. The zero-order chi connectivity index (χ0) is 14.3. The van der Waals surface area contributed by atoms with Gasteiger partial charge in [0.15, 0.2) is 0 Å². The molecule has 0 radical (unpaired) electrons. The van der Waals surface area contributed by atoms with Crippen LogP contribution in [-0.4, -0.2) is 33.8 Å². The lowest BCUT2D eigenvalue weighted by Gasteiger charge is -2.10. The van der Waals surface area contributed by atoms with Crippen molar-refractivity contribution in [3.05, 3.63) is 29.3 Å². The van der Waals surface area contributed by atoms with Crippen LogP contribution in [0.1, 0.15) is 24.5 Å². The third-order valence-corrected chi connectivity index (χ3v) is 4.32. The molecule has 0 aliphatic heterocycles. The fourth-order valence-electron chi connectivity index (χ4n) is 1.77. The first kappa shape index (κ1) is 16.1. The van der Waals surface area contributed by atoms with Crippen molar-refractivity contribution in [2.24, 2.45) is 0 Å². The standard InChI is InChI=1S/C13H21NO4S/c1-3-11-5-6-13(9-12(11)10-15)19(16,17)14-7-4-8-18-2/h5-6,9,14-15H,3-4,7-8,10H2,1-2H3. The molecule has 1 aromatic carbocycles. The van der Waals surface area contributed by atoms with Crippen molar-refractivity contribution in [3.8, 4) is 0 Å². The van der Waals surface area contributed by atoms with E-state index in [1.54, 1.807) is 19.2 Å². The average molecular weight is 287 g/mol. The SMILES string of the molecule is CCc1ccc(S(=O)(=O)NCCCOC)cc1CO. The van der Waals surface area contributed by atoms with Gasteiger partial charge in [-0.1, -0.05) is 13.0 Å². The number of aryl methyl sites for hydroxylation is 1. The smallest absolute Gasteiger partial charge is 0.240 e. The van der Waals surface area contributed by atoms with Gasteiger partial charge in [0.05, 0.1) is 11.5 Å². The maximum Gasteiger partial charge on any atom is 0.240 e. The molecule has 6 heteroatoms. The number of hydrogen-bond donors (Lipinski definition) is 2. The summed E-state index contributed by atoms with van der Waals surface area (Å²) in [5.41, 5.74) is 1.61. The molecule has 0 fully saturated rings. The van der Waals surface area contributed by atoms with Crippen LogP contribution in [0.15, 0.2) is 23.1 Å². The first-order chi connectivity index (χ1) is 9.05. The molecule has 2 N–H and O–H groups in total. The van der Waals surface area contributed by atoms with E-state index in [0.717, 1.165) is 12.0 Å². The number of sulfonamides is 1. The Labute approximate surface area is 114 Å². The van der Waals surface area contributed by atoms with Gasteiger partial charge in [0, 0.05) is 20.3 Å². The molecular formula is C13H21NO4S. The lowest BCUT2D eigenvalue weighted by molar-refractivity contribution is 0.196. The van der Waals surface area contributed by atoms with Crippen LogP contribution in [0, 0.1) is 0 Å². The molecule has 0 heterocycles. The number of aliphatic hydroxyl groups is 1. The van der Waals surface area contributed by atoms with Crippen LogP contribution in [0.4, 0.5) is 0 Å². The minimum atomic E-state index is -3.51. The maximum absolute atomic E-state index is 12.0. The lowest BCUT2D eigenvalue weighted by atomic mass is 10.1. The van der Waals surface area contributed by atoms with Crippen molar-refractivity contribution in [2.45, 2.75) is 31.3 Å². The predicted molar refractivity (Wildman–Crippen MR) is 73.4 cm³/mol. The fourth-order valence-corrected chi connectivity index (χ4v) is 2.89. The van der Waals surface area contributed by atoms with Crippen molar-refractivity contribution in [1.29, 1.82) is 0 Å². The predicted octanol–water partition coefficient (Wildman–Crippen LogP) is 1.06. The Balaban J connectivity index is 2.83. The minimum absolute atomic E-state index is 0.157. The second-order valence-electron chi connectivity index (χ2n) is 4.19. The fraction of sp³-hybridized carbons (Fsp3) is 0.538. The molecule has 1 rings (SSSR count). The Morgan fingerprint density at radius 2 is 2.05 bits per heavy atom. The van der Waals surface area contributed by atoms with Gasteiger partial charge in [0.25, 0.3) is 0 Å². The van der Waals surface area contributed by atoms with Crippen LogP contribution >= 0.6 is 0 Å². The van der Waals surface area contributed by atoms with E-state index in [1.807, 2.05) is 6.92 Å². The van der Waals surface area contributed by atoms with Gasteiger partial charge in [-0.2, -0.15) is 0 Å². The summed E-state index contributed by atoms with van der Waals surface area (Å²) in [7, 11) is -1.94. The molecule has 0 aliphatic rings. The van der Waals surface area contributed by atoms with Crippen molar-refractivity contribution in [1.82, 2.24) is 4.72 Å². The Morgan fingerprint density at radius 1 is 1.32 bits per heavy atom. The van der Waals surface area contributed by atoms with E-state index in [1.165, 1.54) is 6.07 Å². The highest BCUT2D eigenvalue weighted by molar-refractivity contribution is 7.89. The molecule has 0 bridgehead atoms. The van der Waals surface area contributed by atoms with E-state index in [4.69, 9.17) is 4.74 Å². The number of ether oxygens (including phenoxy) is 1. The number of methoxy groups -OCH3 is 1. The van der Waals surface area contributed by atoms with Crippen LogP contribution in [0.25, 0.3) is 0 Å². The van der Waals surface area contributed by atoms with Gasteiger partial charge < -0.3 is 9.84 Å². The Hall–Kier alpha value is -0.950. The van der Waals surface area contributed by atoms with Gasteiger partial charge >= 0.3 is 0 Å². The highest BCUT2D eigenvalue weighted by atomic mass is 32.2. The van der Waals surface area contributed by atoms with Crippen molar-refractivity contribution in [2.75, 3.05) is 20.3 Å². The van der Waals surface area contributed by atoms with Crippen molar-refractivity contribution < 1.29 is 18.3 Å². The van der Waals surface area contributed by atoms with Crippen LogP contribution in [0.3, 0.4) is 0 Å². The molecule has 0 atom stereocenters. The summed E-state index contributed by atoms with van der Waals surface area (Å²) in [6.45, 7) is 2.65. The zero-order valence-electron chi connectivity index (χ0n) is 11.3. The third-order valence-electron chi connectivity index (χ3n) is 2.86. The molecule has 0 unspecified atom stereocenters. The molecule has 0 spiro atoms. The van der Waals surface area contributed by atoms with E-state index in [9.17, 15) is 13.5 Å². The molecule has 1 aromatic rings. The minimum Gasteiger partial charge on any atom is -0.392 e. The first-order valence-electron chi connectivity index (χ1n) is 6.26. The van der Waals surface area contributed by atoms with Gasteiger partial charge in [-0.25, -0.2) is 13.1 Å². The first-order valence-corrected chi connectivity index (χ1v) is 7.74. The molecule has 0 saturated heterocycles. The summed E-state index contributed by atoms with van der Waals surface area (Å²) >= 11 is 0.